The van der Waals surface area contributed by atoms with Gasteiger partial charge >= 0.3 is 0 Å². The summed E-state index contributed by atoms with van der Waals surface area (Å²) >= 11 is 13.5. The van der Waals surface area contributed by atoms with Crippen LogP contribution < -0.4 is 5.73 Å². The van der Waals surface area contributed by atoms with Crippen LogP contribution in [0.4, 0.5) is 0 Å². The lowest BCUT2D eigenvalue weighted by Crippen LogP contribution is -2.00. The molecule has 0 aliphatic carbocycles. The van der Waals surface area contributed by atoms with Crippen LogP contribution in [-0.2, 0) is 6.54 Å². The molecule has 1 aromatic heterocycles. The van der Waals surface area contributed by atoms with E-state index in [0.29, 0.717) is 16.6 Å². The minimum atomic E-state index is 0.414. The molecule has 2 N–H and O–H groups in total. The molecule has 0 bridgehead atoms. The van der Waals surface area contributed by atoms with Crippen molar-refractivity contribution < 1.29 is 0 Å². The van der Waals surface area contributed by atoms with Crippen LogP contribution in [-0.4, -0.2) is 4.98 Å². The molecule has 2 nitrogen and oxygen atoms in total. The first-order chi connectivity index (χ1) is 8.19. The van der Waals surface area contributed by atoms with Crippen molar-refractivity contribution in [1.29, 1.82) is 0 Å². The third-order valence-corrected chi connectivity index (χ3v) is 3.61. The Kier molecular flexibility index (Phi) is 4.29. The third kappa shape index (κ3) is 3.36. The van der Waals surface area contributed by atoms with E-state index in [4.69, 9.17) is 28.9 Å². The van der Waals surface area contributed by atoms with Gasteiger partial charge in [-0.25, -0.2) is 0 Å². The summed E-state index contributed by atoms with van der Waals surface area (Å²) in [6, 6.07) is 9.30. The van der Waals surface area contributed by atoms with Gasteiger partial charge in [0.05, 0.1) is 5.69 Å². The fraction of sp³-hybridized carbons (Fsp3) is 0.0833. The Morgan fingerprint density at radius 3 is 2.53 bits per heavy atom. The van der Waals surface area contributed by atoms with Gasteiger partial charge in [0.1, 0.15) is 0 Å². The van der Waals surface area contributed by atoms with Crippen molar-refractivity contribution in [3.63, 3.8) is 0 Å². The van der Waals surface area contributed by atoms with Gasteiger partial charge in [-0.15, -0.1) is 0 Å². The highest BCUT2D eigenvalue weighted by Crippen LogP contribution is 2.33. The van der Waals surface area contributed by atoms with Gasteiger partial charge in [0, 0.05) is 32.6 Å². The molecular formula is C12H10Cl2N2S. The summed E-state index contributed by atoms with van der Waals surface area (Å²) < 4.78 is 0. The van der Waals surface area contributed by atoms with Crippen LogP contribution in [0.15, 0.2) is 46.3 Å². The molecule has 0 unspecified atom stereocenters. The number of pyridine rings is 1. The summed E-state index contributed by atoms with van der Waals surface area (Å²) in [5.74, 6) is 0. The molecule has 0 atom stereocenters. The Bertz CT molecular complexity index is 511. The number of nitrogens with two attached hydrogens (primary N) is 1. The Morgan fingerprint density at radius 1 is 1.18 bits per heavy atom. The van der Waals surface area contributed by atoms with Gasteiger partial charge in [0.2, 0.25) is 0 Å². The van der Waals surface area contributed by atoms with Crippen molar-refractivity contribution in [2.24, 2.45) is 5.73 Å². The lowest BCUT2D eigenvalue weighted by molar-refractivity contribution is 0.944. The molecule has 17 heavy (non-hydrogen) atoms. The standard InChI is InChI=1S/C12H10Cl2N2S/c13-8-4-9(14)6-10(5-8)17-12-2-1-3-16-11(12)7-15/h1-6H,7,15H2. The van der Waals surface area contributed by atoms with E-state index in [1.807, 2.05) is 24.3 Å². The number of benzene rings is 1. The Morgan fingerprint density at radius 2 is 1.88 bits per heavy atom. The summed E-state index contributed by atoms with van der Waals surface area (Å²) in [7, 11) is 0. The molecule has 1 heterocycles. The number of aromatic nitrogens is 1. The Hall–Kier alpha value is -0.740. The first kappa shape index (κ1) is 12.7. The van der Waals surface area contributed by atoms with Crippen molar-refractivity contribution in [3.8, 4) is 0 Å². The van der Waals surface area contributed by atoms with Crippen LogP contribution >= 0.6 is 35.0 Å². The molecule has 0 fully saturated rings. The number of hydrogen-bond acceptors (Lipinski definition) is 3. The van der Waals surface area contributed by atoms with E-state index in [9.17, 15) is 0 Å². The third-order valence-electron chi connectivity index (χ3n) is 2.11. The van der Waals surface area contributed by atoms with E-state index < -0.39 is 0 Å². The molecule has 0 spiro atoms. The van der Waals surface area contributed by atoms with Gasteiger partial charge in [-0.1, -0.05) is 35.0 Å². The predicted molar refractivity (Wildman–Crippen MR) is 72.7 cm³/mol. The number of nitrogens with zero attached hydrogens (tertiary/aromatic N) is 1. The normalized spacial score (nSPS) is 10.5. The largest absolute Gasteiger partial charge is 0.325 e. The van der Waals surface area contributed by atoms with Gasteiger partial charge in [-0.05, 0) is 30.3 Å². The monoisotopic (exact) mass is 284 g/mol. The van der Waals surface area contributed by atoms with E-state index in [0.717, 1.165) is 15.5 Å². The Labute approximate surface area is 114 Å². The van der Waals surface area contributed by atoms with Crippen molar-refractivity contribution in [3.05, 3.63) is 52.3 Å². The number of hydrogen-bond donors (Lipinski definition) is 1. The highest BCUT2D eigenvalue weighted by Gasteiger charge is 2.05. The quantitative estimate of drug-likeness (QED) is 0.926. The summed E-state index contributed by atoms with van der Waals surface area (Å²) in [4.78, 5) is 6.23. The minimum Gasteiger partial charge on any atom is -0.325 e. The highest BCUT2D eigenvalue weighted by atomic mass is 35.5. The van der Waals surface area contributed by atoms with Crippen molar-refractivity contribution >= 4 is 35.0 Å². The predicted octanol–water partition coefficient (Wildman–Crippen LogP) is 4.00. The van der Waals surface area contributed by atoms with E-state index in [1.54, 1.807) is 24.0 Å². The van der Waals surface area contributed by atoms with Crippen molar-refractivity contribution in [2.75, 3.05) is 0 Å². The molecule has 1 aromatic carbocycles. The zero-order valence-corrected chi connectivity index (χ0v) is 11.2. The second-order valence-electron chi connectivity index (χ2n) is 3.36. The minimum absolute atomic E-state index is 0.414. The molecule has 2 aromatic rings. The molecular weight excluding hydrogens is 275 g/mol. The second-order valence-corrected chi connectivity index (χ2v) is 5.35. The molecule has 0 saturated carbocycles. The van der Waals surface area contributed by atoms with Gasteiger partial charge < -0.3 is 5.73 Å². The van der Waals surface area contributed by atoms with Crippen LogP contribution in [0, 0.1) is 0 Å². The number of halogens is 2. The molecule has 0 amide bonds. The van der Waals surface area contributed by atoms with Crippen LogP contribution in [0.1, 0.15) is 5.69 Å². The molecule has 0 aliphatic rings. The maximum absolute atomic E-state index is 5.95. The summed E-state index contributed by atoms with van der Waals surface area (Å²) in [6.07, 6.45) is 1.73. The van der Waals surface area contributed by atoms with Gasteiger partial charge in [-0.3, -0.25) is 4.98 Å². The smallest absolute Gasteiger partial charge is 0.0678 e. The summed E-state index contributed by atoms with van der Waals surface area (Å²) in [5.41, 5.74) is 6.51. The van der Waals surface area contributed by atoms with E-state index in [2.05, 4.69) is 4.98 Å². The van der Waals surface area contributed by atoms with Crippen LogP contribution in [0.3, 0.4) is 0 Å². The lowest BCUT2D eigenvalue weighted by Gasteiger charge is -2.06. The fourth-order valence-electron chi connectivity index (χ4n) is 1.38. The fourth-order valence-corrected chi connectivity index (χ4v) is 3.07. The zero-order chi connectivity index (χ0) is 12.3. The van der Waals surface area contributed by atoms with Gasteiger partial charge in [0.15, 0.2) is 0 Å². The maximum atomic E-state index is 5.95. The van der Waals surface area contributed by atoms with Crippen LogP contribution in [0.25, 0.3) is 0 Å². The molecule has 0 radical (unpaired) electrons. The first-order valence-corrected chi connectivity index (χ1v) is 6.54. The maximum Gasteiger partial charge on any atom is 0.0678 e. The van der Waals surface area contributed by atoms with Crippen LogP contribution in [0.5, 0.6) is 0 Å². The average Bonchev–Trinajstić information content (AvgIpc) is 2.28. The van der Waals surface area contributed by atoms with Crippen molar-refractivity contribution in [1.82, 2.24) is 4.98 Å². The Balaban J connectivity index is 2.31. The molecule has 5 heteroatoms. The van der Waals surface area contributed by atoms with E-state index in [-0.39, 0.29) is 0 Å². The van der Waals surface area contributed by atoms with E-state index >= 15 is 0 Å². The van der Waals surface area contributed by atoms with Crippen molar-refractivity contribution in [2.45, 2.75) is 16.3 Å². The summed E-state index contributed by atoms with van der Waals surface area (Å²) in [5, 5.41) is 1.25. The molecule has 0 saturated heterocycles. The SMILES string of the molecule is NCc1ncccc1Sc1cc(Cl)cc(Cl)c1. The first-order valence-electron chi connectivity index (χ1n) is 4.97. The number of rotatable bonds is 3. The molecule has 88 valence electrons. The van der Waals surface area contributed by atoms with Gasteiger partial charge in [0.25, 0.3) is 0 Å². The highest BCUT2D eigenvalue weighted by molar-refractivity contribution is 7.99. The zero-order valence-electron chi connectivity index (χ0n) is 8.86. The topological polar surface area (TPSA) is 38.9 Å². The second kappa shape index (κ2) is 5.74. The van der Waals surface area contributed by atoms with E-state index in [1.165, 1.54) is 0 Å². The van der Waals surface area contributed by atoms with Crippen LogP contribution in [0.2, 0.25) is 10.0 Å². The molecule has 0 aliphatic heterocycles. The average molecular weight is 285 g/mol. The van der Waals surface area contributed by atoms with Gasteiger partial charge in [-0.2, -0.15) is 0 Å². The molecule has 2 rings (SSSR count). The summed E-state index contributed by atoms with van der Waals surface area (Å²) in [6.45, 7) is 0.414. The lowest BCUT2D eigenvalue weighted by atomic mass is 10.3.